The third kappa shape index (κ3) is 5.82. The molecular weight excluding hydrogens is 286 g/mol. The van der Waals surface area contributed by atoms with Gasteiger partial charge in [-0.25, -0.2) is 4.79 Å². The first-order valence-electron chi connectivity index (χ1n) is 6.97. The number of hydrogen-bond acceptors (Lipinski definition) is 3. The lowest BCUT2D eigenvalue weighted by atomic mass is 10.1. The van der Waals surface area contributed by atoms with Crippen molar-refractivity contribution >= 4 is 23.6 Å². The zero-order valence-corrected chi connectivity index (χ0v) is 12.7. The van der Waals surface area contributed by atoms with E-state index in [2.05, 4.69) is 5.32 Å². The zero-order valence-electron chi connectivity index (χ0n) is 12.7. The average Bonchev–Trinajstić information content (AvgIpc) is 2.42. The van der Waals surface area contributed by atoms with Crippen LogP contribution in [0.25, 0.3) is 0 Å². The molecule has 3 amide bonds. The van der Waals surface area contributed by atoms with Crippen LogP contribution in [0.3, 0.4) is 0 Å². The van der Waals surface area contributed by atoms with Crippen LogP contribution in [0, 0.1) is 5.92 Å². The number of urea groups is 1. The van der Waals surface area contributed by atoms with Gasteiger partial charge in [-0.1, -0.05) is 13.8 Å². The minimum Gasteiger partial charge on any atom is -0.481 e. The molecule has 0 aromatic heterocycles. The Hall–Kier alpha value is -2.57. The molecule has 0 aliphatic heterocycles. The summed E-state index contributed by atoms with van der Waals surface area (Å²) in [6.45, 7) is 4.56. The first-order chi connectivity index (χ1) is 10.3. The Bertz CT molecular complexity index is 540. The van der Waals surface area contributed by atoms with Crippen LogP contribution in [0.5, 0.6) is 0 Å². The molecule has 0 saturated heterocycles. The number of primary amides is 1. The van der Waals surface area contributed by atoms with Gasteiger partial charge in [0.15, 0.2) is 0 Å². The number of hydrogen-bond donors (Lipinski definition) is 3. The first-order valence-corrected chi connectivity index (χ1v) is 6.97. The number of aliphatic carboxylic acids is 1. The van der Waals surface area contributed by atoms with Crippen LogP contribution < -0.4 is 11.1 Å². The molecule has 0 heterocycles. The van der Waals surface area contributed by atoms with Gasteiger partial charge in [-0.15, -0.1) is 0 Å². The van der Waals surface area contributed by atoms with Crippen molar-refractivity contribution in [3.8, 4) is 0 Å². The molecule has 1 aromatic carbocycles. The van der Waals surface area contributed by atoms with E-state index in [4.69, 9.17) is 10.8 Å². The van der Waals surface area contributed by atoms with Crippen LogP contribution in [-0.4, -0.2) is 41.0 Å². The van der Waals surface area contributed by atoms with Gasteiger partial charge in [0.2, 0.25) is 0 Å². The molecule has 0 radical (unpaired) electrons. The summed E-state index contributed by atoms with van der Waals surface area (Å²) in [5.74, 6) is -0.948. The molecule has 22 heavy (non-hydrogen) atoms. The second-order valence-electron chi connectivity index (χ2n) is 5.36. The summed E-state index contributed by atoms with van der Waals surface area (Å²) >= 11 is 0. The van der Waals surface area contributed by atoms with Gasteiger partial charge in [0.25, 0.3) is 5.91 Å². The van der Waals surface area contributed by atoms with Crippen molar-refractivity contribution in [2.75, 3.05) is 18.4 Å². The molecule has 0 aliphatic rings. The molecule has 7 nitrogen and oxygen atoms in total. The van der Waals surface area contributed by atoms with Crippen molar-refractivity contribution in [2.24, 2.45) is 11.7 Å². The normalized spacial score (nSPS) is 10.3. The highest BCUT2D eigenvalue weighted by atomic mass is 16.4. The topological polar surface area (TPSA) is 113 Å². The fourth-order valence-corrected chi connectivity index (χ4v) is 1.97. The Morgan fingerprint density at radius 1 is 1.23 bits per heavy atom. The average molecular weight is 307 g/mol. The molecule has 0 spiro atoms. The summed E-state index contributed by atoms with van der Waals surface area (Å²) in [5, 5.41) is 11.2. The van der Waals surface area contributed by atoms with Crippen molar-refractivity contribution in [1.29, 1.82) is 0 Å². The Labute approximate surface area is 129 Å². The summed E-state index contributed by atoms with van der Waals surface area (Å²) in [5.41, 5.74) is 5.93. The number of carboxylic acids is 1. The minimum atomic E-state index is -0.942. The number of rotatable bonds is 7. The summed E-state index contributed by atoms with van der Waals surface area (Å²) < 4.78 is 0. The molecule has 120 valence electrons. The van der Waals surface area contributed by atoms with Crippen molar-refractivity contribution < 1.29 is 19.5 Å². The number of carbonyl (C=O) groups is 3. The maximum atomic E-state index is 12.4. The van der Waals surface area contributed by atoms with E-state index in [0.29, 0.717) is 17.8 Å². The highest BCUT2D eigenvalue weighted by Crippen LogP contribution is 2.13. The predicted octanol–water partition coefficient (Wildman–Crippen LogP) is 1.75. The van der Waals surface area contributed by atoms with E-state index in [1.54, 1.807) is 24.3 Å². The van der Waals surface area contributed by atoms with Gasteiger partial charge in [0, 0.05) is 24.3 Å². The van der Waals surface area contributed by atoms with Crippen LogP contribution in [0.1, 0.15) is 30.6 Å². The lowest BCUT2D eigenvalue weighted by molar-refractivity contribution is -0.137. The van der Waals surface area contributed by atoms with Crippen molar-refractivity contribution in [2.45, 2.75) is 20.3 Å². The molecule has 7 heteroatoms. The molecular formula is C15H21N3O4. The summed E-state index contributed by atoms with van der Waals surface area (Å²) in [4.78, 5) is 35.4. The molecule has 0 bridgehead atoms. The van der Waals surface area contributed by atoms with Crippen LogP contribution in [0.15, 0.2) is 24.3 Å². The van der Waals surface area contributed by atoms with Crippen LogP contribution in [0.2, 0.25) is 0 Å². The number of carboxylic acid groups (broad SMARTS) is 1. The molecule has 0 unspecified atom stereocenters. The second kappa shape index (κ2) is 8.02. The highest BCUT2D eigenvalue weighted by molar-refractivity contribution is 5.95. The van der Waals surface area contributed by atoms with E-state index >= 15 is 0 Å². The van der Waals surface area contributed by atoms with E-state index in [1.807, 2.05) is 13.8 Å². The zero-order chi connectivity index (χ0) is 16.7. The lowest BCUT2D eigenvalue weighted by Gasteiger charge is -2.24. The van der Waals surface area contributed by atoms with E-state index in [-0.39, 0.29) is 24.8 Å². The minimum absolute atomic E-state index is 0.0974. The van der Waals surface area contributed by atoms with Crippen molar-refractivity contribution in [3.63, 3.8) is 0 Å². The Kier molecular flexibility index (Phi) is 6.37. The summed E-state index contributed by atoms with van der Waals surface area (Å²) in [6, 6.07) is 5.61. The lowest BCUT2D eigenvalue weighted by Crippen LogP contribution is -2.36. The SMILES string of the molecule is CC(C)CN(CCC(=O)O)C(=O)c1ccc(NC(N)=O)cc1. The number of nitrogens with one attached hydrogen (secondary N) is 1. The van der Waals surface area contributed by atoms with Gasteiger partial charge in [0.05, 0.1) is 6.42 Å². The van der Waals surface area contributed by atoms with E-state index < -0.39 is 12.0 Å². The quantitative estimate of drug-likeness (QED) is 0.712. The number of nitrogens with zero attached hydrogens (tertiary/aromatic N) is 1. The first kappa shape index (κ1) is 17.5. The van der Waals surface area contributed by atoms with Gasteiger partial charge in [-0.2, -0.15) is 0 Å². The molecule has 1 rings (SSSR count). The van der Waals surface area contributed by atoms with Crippen molar-refractivity contribution in [3.05, 3.63) is 29.8 Å². The summed E-state index contributed by atoms with van der Waals surface area (Å²) in [7, 11) is 0. The number of nitrogens with two attached hydrogens (primary N) is 1. The van der Waals surface area contributed by atoms with E-state index in [1.165, 1.54) is 4.90 Å². The number of anilines is 1. The van der Waals surface area contributed by atoms with Gasteiger partial charge in [-0.05, 0) is 30.2 Å². The van der Waals surface area contributed by atoms with E-state index in [0.717, 1.165) is 0 Å². The Morgan fingerprint density at radius 3 is 2.27 bits per heavy atom. The number of amides is 3. The maximum Gasteiger partial charge on any atom is 0.316 e. The van der Waals surface area contributed by atoms with Gasteiger partial charge in [0.1, 0.15) is 0 Å². The monoisotopic (exact) mass is 307 g/mol. The molecule has 0 saturated carbocycles. The smallest absolute Gasteiger partial charge is 0.316 e. The standard InChI is InChI=1S/C15H21N3O4/c1-10(2)9-18(8-7-13(19)20)14(21)11-3-5-12(6-4-11)17-15(16)22/h3-6,10H,7-9H2,1-2H3,(H,19,20)(H3,16,17,22). The fraction of sp³-hybridized carbons (Fsp3) is 0.400. The molecule has 0 atom stereocenters. The molecule has 1 aromatic rings. The maximum absolute atomic E-state index is 12.4. The molecule has 0 aliphatic carbocycles. The number of carbonyl (C=O) groups excluding carboxylic acids is 2. The van der Waals surface area contributed by atoms with Gasteiger partial charge in [-0.3, -0.25) is 9.59 Å². The highest BCUT2D eigenvalue weighted by Gasteiger charge is 2.17. The van der Waals surface area contributed by atoms with Crippen molar-refractivity contribution in [1.82, 2.24) is 4.90 Å². The third-order valence-corrected chi connectivity index (χ3v) is 2.87. The van der Waals surface area contributed by atoms with E-state index in [9.17, 15) is 14.4 Å². The largest absolute Gasteiger partial charge is 0.481 e. The Balaban J connectivity index is 2.83. The predicted molar refractivity (Wildman–Crippen MR) is 82.6 cm³/mol. The number of benzene rings is 1. The fourth-order valence-electron chi connectivity index (χ4n) is 1.97. The van der Waals surface area contributed by atoms with Gasteiger partial charge >= 0.3 is 12.0 Å². The summed E-state index contributed by atoms with van der Waals surface area (Å²) in [6.07, 6.45) is -0.0974. The molecule has 0 fully saturated rings. The third-order valence-electron chi connectivity index (χ3n) is 2.87. The second-order valence-corrected chi connectivity index (χ2v) is 5.36. The van der Waals surface area contributed by atoms with Crippen LogP contribution in [0.4, 0.5) is 10.5 Å². The molecule has 4 N–H and O–H groups in total. The Morgan fingerprint density at radius 2 is 1.82 bits per heavy atom. The van der Waals surface area contributed by atoms with Gasteiger partial charge < -0.3 is 21.1 Å². The van der Waals surface area contributed by atoms with Crippen LogP contribution in [-0.2, 0) is 4.79 Å². The van der Waals surface area contributed by atoms with Crippen LogP contribution >= 0.6 is 0 Å².